The maximum Gasteiger partial charge on any atom is 0.276 e. The van der Waals surface area contributed by atoms with Crippen molar-refractivity contribution < 1.29 is 14.2 Å². The molecular formula is C22H20FN3O3. The number of fused-ring (bicyclic) bond motifs is 1. The second kappa shape index (κ2) is 7.89. The summed E-state index contributed by atoms with van der Waals surface area (Å²) in [6, 6.07) is 14.8. The van der Waals surface area contributed by atoms with Crippen LogP contribution in [-0.2, 0) is 6.54 Å². The monoisotopic (exact) mass is 393 g/mol. The zero-order valence-electron chi connectivity index (χ0n) is 15.8. The Morgan fingerprint density at radius 1 is 1.10 bits per heavy atom. The minimum Gasteiger partial charge on any atom is -0.494 e. The molecule has 0 unspecified atom stereocenters. The Kier molecular flexibility index (Phi) is 5.14. The number of aliphatic hydroxyl groups excluding tert-OH is 1. The van der Waals surface area contributed by atoms with Crippen molar-refractivity contribution >= 4 is 5.52 Å². The summed E-state index contributed by atoms with van der Waals surface area (Å²) < 4.78 is 21.5. The molecule has 0 spiro atoms. The van der Waals surface area contributed by atoms with Gasteiger partial charge in [-0.2, -0.15) is 5.10 Å². The molecule has 0 aliphatic heterocycles. The molecule has 2 aromatic heterocycles. The standard InChI is InChI=1S/C22H20FN3O3/c1-2-29-18-9-5-15(6-10-18)19-13-20-22(28)25(11-12-26(20)24-19)14-21(27)16-3-7-17(23)8-4-16/h3-13,21,27H,2,14H2,1H3/t21-/m1/s1. The molecule has 7 heteroatoms. The number of aliphatic hydroxyl groups is 1. The minimum atomic E-state index is -0.927. The Bertz CT molecular complexity index is 1180. The van der Waals surface area contributed by atoms with Crippen LogP contribution < -0.4 is 10.3 Å². The molecule has 4 rings (SSSR count). The second-order valence-corrected chi connectivity index (χ2v) is 6.64. The Labute approximate surface area is 166 Å². The van der Waals surface area contributed by atoms with Gasteiger partial charge in [-0.25, -0.2) is 8.91 Å². The molecule has 29 heavy (non-hydrogen) atoms. The molecule has 0 saturated heterocycles. The summed E-state index contributed by atoms with van der Waals surface area (Å²) in [5.41, 5.74) is 2.22. The van der Waals surface area contributed by atoms with E-state index in [0.29, 0.717) is 23.4 Å². The largest absolute Gasteiger partial charge is 0.494 e. The van der Waals surface area contributed by atoms with Crippen molar-refractivity contribution in [2.24, 2.45) is 0 Å². The lowest BCUT2D eigenvalue weighted by Gasteiger charge is -2.13. The fourth-order valence-corrected chi connectivity index (χ4v) is 3.18. The predicted molar refractivity (Wildman–Crippen MR) is 107 cm³/mol. The highest BCUT2D eigenvalue weighted by atomic mass is 19.1. The fourth-order valence-electron chi connectivity index (χ4n) is 3.18. The van der Waals surface area contributed by atoms with Crippen LogP contribution in [-0.4, -0.2) is 25.9 Å². The van der Waals surface area contributed by atoms with Gasteiger partial charge in [0, 0.05) is 18.0 Å². The molecule has 2 heterocycles. The van der Waals surface area contributed by atoms with Gasteiger partial charge in [0.15, 0.2) is 0 Å². The molecule has 6 nitrogen and oxygen atoms in total. The number of ether oxygens (including phenoxy) is 1. The number of hydrogen-bond acceptors (Lipinski definition) is 4. The van der Waals surface area contributed by atoms with E-state index in [1.54, 1.807) is 18.5 Å². The van der Waals surface area contributed by atoms with Gasteiger partial charge < -0.3 is 14.4 Å². The average Bonchev–Trinajstić information content (AvgIpc) is 3.16. The van der Waals surface area contributed by atoms with Gasteiger partial charge in [0.2, 0.25) is 0 Å². The Hall–Kier alpha value is -3.45. The lowest BCUT2D eigenvalue weighted by atomic mass is 10.1. The van der Waals surface area contributed by atoms with E-state index in [-0.39, 0.29) is 17.9 Å². The molecule has 148 valence electrons. The van der Waals surface area contributed by atoms with E-state index in [9.17, 15) is 14.3 Å². The van der Waals surface area contributed by atoms with Crippen LogP contribution in [0.15, 0.2) is 71.8 Å². The maximum atomic E-state index is 13.1. The summed E-state index contributed by atoms with van der Waals surface area (Å²) in [6.45, 7) is 2.58. The molecule has 4 aromatic rings. The molecule has 0 aliphatic carbocycles. The first-order chi connectivity index (χ1) is 14.0. The summed E-state index contributed by atoms with van der Waals surface area (Å²) in [5, 5.41) is 14.9. The number of nitrogens with zero attached hydrogens (tertiary/aromatic N) is 3. The molecule has 0 amide bonds. The third-order valence-corrected chi connectivity index (χ3v) is 4.69. The molecule has 0 fully saturated rings. The number of aromatic nitrogens is 3. The van der Waals surface area contributed by atoms with Crippen LogP contribution in [0.1, 0.15) is 18.6 Å². The van der Waals surface area contributed by atoms with Crippen LogP contribution in [0.3, 0.4) is 0 Å². The number of rotatable bonds is 6. The normalized spacial score (nSPS) is 12.2. The van der Waals surface area contributed by atoms with Gasteiger partial charge in [0.25, 0.3) is 5.56 Å². The molecule has 1 atom stereocenters. The lowest BCUT2D eigenvalue weighted by Crippen LogP contribution is -2.24. The maximum absolute atomic E-state index is 13.1. The van der Waals surface area contributed by atoms with E-state index >= 15 is 0 Å². The summed E-state index contributed by atoms with van der Waals surface area (Å²) >= 11 is 0. The highest BCUT2D eigenvalue weighted by molar-refractivity contribution is 5.66. The third-order valence-electron chi connectivity index (χ3n) is 4.69. The van der Waals surface area contributed by atoms with Crippen LogP contribution in [0.4, 0.5) is 4.39 Å². The SMILES string of the molecule is CCOc1ccc(-c2cc3c(=O)n(C[C@@H](O)c4ccc(F)cc4)ccn3n2)cc1. The second-order valence-electron chi connectivity index (χ2n) is 6.64. The van der Waals surface area contributed by atoms with Crippen molar-refractivity contribution in [3.63, 3.8) is 0 Å². The van der Waals surface area contributed by atoms with E-state index < -0.39 is 6.10 Å². The van der Waals surface area contributed by atoms with Gasteiger partial charge in [0.1, 0.15) is 17.1 Å². The van der Waals surface area contributed by atoms with Crippen molar-refractivity contribution in [1.29, 1.82) is 0 Å². The zero-order valence-corrected chi connectivity index (χ0v) is 15.8. The molecule has 0 radical (unpaired) electrons. The predicted octanol–water partition coefficient (Wildman–Crippen LogP) is 3.43. The lowest BCUT2D eigenvalue weighted by molar-refractivity contribution is 0.155. The molecule has 0 aliphatic rings. The Morgan fingerprint density at radius 2 is 1.83 bits per heavy atom. The van der Waals surface area contributed by atoms with Crippen LogP contribution in [0.25, 0.3) is 16.8 Å². The average molecular weight is 393 g/mol. The zero-order chi connectivity index (χ0) is 20.4. The van der Waals surface area contributed by atoms with Crippen molar-refractivity contribution in [1.82, 2.24) is 14.2 Å². The van der Waals surface area contributed by atoms with E-state index in [4.69, 9.17) is 4.74 Å². The summed E-state index contributed by atoms with van der Waals surface area (Å²) in [5.74, 6) is 0.401. The van der Waals surface area contributed by atoms with Crippen LogP contribution >= 0.6 is 0 Å². The van der Waals surface area contributed by atoms with Crippen LogP contribution in [0.5, 0.6) is 5.75 Å². The number of halogens is 1. The Morgan fingerprint density at radius 3 is 2.52 bits per heavy atom. The minimum absolute atomic E-state index is 0.0601. The van der Waals surface area contributed by atoms with E-state index in [1.165, 1.54) is 33.3 Å². The quantitative estimate of drug-likeness (QED) is 0.545. The summed E-state index contributed by atoms with van der Waals surface area (Å²) in [7, 11) is 0. The smallest absolute Gasteiger partial charge is 0.276 e. The molecule has 1 N–H and O–H groups in total. The van der Waals surface area contributed by atoms with Crippen LogP contribution in [0.2, 0.25) is 0 Å². The van der Waals surface area contributed by atoms with E-state index in [2.05, 4.69) is 5.10 Å². The van der Waals surface area contributed by atoms with Gasteiger partial charge in [-0.1, -0.05) is 12.1 Å². The highest BCUT2D eigenvalue weighted by Gasteiger charge is 2.13. The fraction of sp³-hybridized carbons (Fsp3) is 0.182. The van der Waals surface area contributed by atoms with Gasteiger partial charge >= 0.3 is 0 Å². The van der Waals surface area contributed by atoms with Gasteiger partial charge in [0.05, 0.1) is 24.9 Å². The van der Waals surface area contributed by atoms with Crippen LogP contribution in [0, 0.1) is 5.82 Å². The molecule has 2 aromatic carbocycles. The van der Waals surface area contributed by atoms with Gasteiger partial charge in [-0.15, -0.1) is 0 Å². The van der Waals surface area contributed by atoms with E-state index in [0.717, 1.165) is 11.3 Å². The number of benzene rings is 2. The first kappa shape index (κ1) is 18.9. The van der Waals surface area contributed by atoms with Crippen molar-refractivity contribution in [2.45, 2.75) is 19.6 Å². The Balaban J connectivity index is 1.62. The first-order valence-corrected chi connectivity index (χ1v) is 9.30. The van der Waals surface area contributed by atoms with Gasteiger partial charge in [-0.05, 0) is 55.0 Å². The first-order valence-electron chi connectivity index (χ1n) is 9.30. The highest BCUT2D eigenvalue weighted by Crippen LogP contribution is 2.22. The molecule has 0 bridgehead atoms. The van der Waals surface area contributed by atoms with Crippen molar-refractivity contribution in [3.8, 4) is 17.0 Å². The third kappa shape index (κ3) is 3.90. The summed E-state index contributed by atoms with van der Waals surface area (Å²) in [6.07, 6.45) is 2.33. The topological polar surface area (TPSA) is 68.8 Å². The van der Waals surface area contributed by atoms with Crippen molar-refractivity contribution in [3.05, 3.63) is 88.7 Å². The number of hydrogen-bond donors (Lipinski definition) is 1. The van der Waals surface area contributed by atoms with Gasteiger partial charge in [-0.3, -0.25) is 4.79 Å². The summed E-state index contributed by atoms with van der Waals surface area (Å²) in [4.78, 5) is 12.8. The van der Waals surface area contributed by atoms with Crippen molar-refractivity contribution in [2.75, 3.05) is 6.61 Å². The van der Waals surface area contributed by atoms with E-state index in [1.807, 2.05) is 31.2 Å². The molecule has 0 saturated carbocycles. The molecular weight excluding hydrogens is 373 g/mol.